The topological polar surface area (TPSA) is 108 Å². The van der Waals surface area contributed by atoms with Crippen molar-refractivity contribution in [1.29, 1.82) is 10.5 Å². The van der Waals surface area contributed by atoms with Crippen LogP contribution in [-0.4, -0.2) is 23.1 Å². The Bertz CT molecular complexity index is 1030. The molecule has 0 unspecified atom stereocenters. The molecule has 1 heterocycles. The van der Waals surface area contributed by atoms with Gasteiger partial charge in [0.15, 0.2) is 6.61 Å². The smallest absolute Gasteiger partial charge is 0.338 e. The first kappa shape index (κ1) is 20.2. The van der Waals surface area contributed by atoms with Gasteiger partial charge < -0.3 is 14.6 Å². The Morgan fingerprint density at radius 1 is 1.21 bits per heavy atom. The van der Waals surface area contributed by atoms with Gasteiger partial charge in [0, 0.05) is 11.7 Å². The fourth-order valence-corrected chi connectivity index (χ4v) is 3.80. The van der Waals surface area contributed by atoms with Crippen LogP contribution in [0.15, 0.2) is 24.3 Å². The molecule has 1 aromatic heterocycles. The molecule has 1 aliphatic carbocycles. The summed E-state index contributed by atoms with van der Waals surface area (Å²) in [4.78, 5) is 24.6. The summed E-state index contributed by atoms with van der Waals surface area (Å²) in [6, 6.07) is 10.5. The largest absolute Gasteiger partial charge is 0.452 e. The molecule has 1 fully saturated rings. The van der Waals surface area contributed by atoms with Gasteiger partial charge in [-0.15, -0.1) is 0 Å². The van der Waals surface area contributed by atoms with E-state index in [-0.39, 0.29) is 11.6 Å². The molecule has 0 saturated heterocycles. The fourth-order valence-electron chi connectivity index (χ4n) is 3.80. The molecule has 1 saturated carbocycles. The van der Waals surface area contributed by atoms with Crippen LogP contribution in [0.2, 0.25) is 0 Å². The molecule has 3 rings (SSSR count). The van der Waals surface area contributed by atoms with Gasteiger partial charge in [-0.25, -0.2) is 4.79 Å². The Kier molecular flexibility index (Phi) is 5.99. The first-order chi connectivity index (χ1) is 14.0. The third kappa shape index (κ3) is 4.14. The molecule has 0 aliphatic heterocycles. The van der Waals surface area contributed by atoms with Crippen molar-refractivity contribution in [2.75, 3.05) is 11.9 Å². The maximum Gasteiger partial charge on any atom is 0.338 e. The van der Waals surface area contributed by atoms with Crippen LogP contribution in [0.5, 0.6) is 0 Å². The number of nitrogens with one attached hydrogen (secondary N) is 1. The number of hydrogen-bond donors (Lipinski definition) is 1. The predicted octanol–water partition coefficient (Wildman–Crippen LogP) is 3.76. The lowest BCUT2D eigenvalue weighted by molar-refractivity contribution is -0.119. The van der Waals surface area contributed by atoms with Crippen LogP contribution in [0.4, 0.5) is 5.82 Å². The van der Waals surface area contributed by atoms with Crippen molar-refractivity contribution < 1.29 is 14.3 Å². The number of benzene rings is 1. The Balaban J connectivity index is 1.73. The second-order valence-electron chi connectivity index (χ2n) is 7.17. The van der Waals surface area contributed by atoms with E-state index in [9.17, 15) is 14.9 Å². The van der Waals surface area contributed by atoms with Gasteiger partial charge in [-0.2, -0.15) is 10.5 Å². The highest BCUT2D eigenvalue weighted by Crippen LogP contribution is 2.37. The van der Waals surface area contributed by atoms with Crippen molar-refractivity contribution in [3.63, 3.8) is 0 Å². The van der Waals surface area contributed by atoms with Crippen molar-refractivity contribution in [2.45, 2.75) is 45.6 Å². The van der Waals surface area contributed by atoms with Crippen molar-refractivity contribution >= 4 is 17.7 Å². The second kappa shape index (κ2) is 8.62. The number of amides is 1. The van der Waals surface area contributed by atoms with E-state index in [1.165, 1.54) is 12.1 Å². The molecule has 1 aliphatic rings. The number of hydrogen-bond acceptors (Lipinski definition) is 5. The van der Waals surface area contributed by atoms with Crippen molar-refractivity contribution in [2.24, 2.45) is 0 Å². The van der Waals surface area contributed by atoms with Gasteiger partial charge in [0.1, 0.15) is 11.9 Å². The highest BCUT2D eigenvalue weighted by atomic mass is 16.5. The summed E-state index contributed by atoms with van der Waals surface area (Å²) < 4.78 is 7.12. The minimum Gasteiger partial charge on any atom is -0.452 e. The monoisotopic (exact) mass is 390 g/mol. The van der Waals surface area contributed by atoms with Crippen LogP contribution in [0, 0.1) is 36.5 Å². The Morgan fingerprint density at radius 3 is 2.59 bits per heavy atom. The molecular formula is C22H22N4O3. The van der Waals surface area contributed by atoms with Gasteiger partial charge >= 0.3 is 5.97 Å². The zero-order valence-corrected chi connectivity index (χ0v) is 16.5. The fraction of sp³-hybridized carbons (Fsp3) is 0.364. The van der Waals surface area contributed by atoms with Gasteiger partial charge in [-0.05, 0) is 50.5 Å². The number of carbonyl (C=O) groups excluding carboxylic acids is 2. The first-order valence-electron chi connectivity index (χ1n) is 9.55. The average Bonchev–Trinajstić information content (AvgIpc) is 3.33. The number of esters is 1. The summed E-state index contributed by atoms with van der Waals surface area (Å²) in [6.45, 7) is 3.35. The number of nitrogens with zero attached hydrogens (tertiary/aromatic N) is 3. The number of rotatable bonds is 5. The van der Waals surface area contributed by atoms with Crippen molar-refractivity contribution in [3.8, 4) is 12.1 Å². The van der Waals surface area contributed by atoms with Gasteiger partial charge in [0.05, 0.1) is 22.8 Å². The molecule has 0 bridgehead atoms. The van der Waals surface area contributed by atoms with Crippen LogP contribution in [-0.2, 0) is 9.53 Å². The quantitative estimate of drug-likeness (QED) is 0.782. The molecule has 7 heteroatoms. The lowest BCUT2D eigenvalue weighted by atomic mass is 10.1. The van der Waals surface area contributed by atoms with Crippen LogP contribution in [0.25, 0.3) is 0 Å². The summed E-state index contributed by atoms with van der Waals surface area (Å²) in [5, 5.41) is 21.3. The lowest BCUT2D eigenvalue weighted by Gasteiger charge is -2.19. The third-order valence-corrected chi connectivity index (χ3v) is 5.38. The molecule has 1 aromatic carbocycles. The van der Waals surface area contributed by atoms with E-state index in [2.05, 4.69) is 11.4 Å². The molecule has 1 amide bonds. The summed E-state index contributed by atoms with van der Waals surface area (Å²) in [5.41, 5.74) is 2.79. The number of aromatic nitrogens is 1. The third-order valence-electron chi connectivity index (χ3n) is 5.38. The van der Waals surface area contributed by atoms with Gasteiger partial charge in [-0.1, -0.05) is 18.9 Å². The van der Waals surface area contributed by atoms with E-state index in [1.807, 2.05) is 24.5 Å². The lowest BCUT2D eigenvalue weighted by Crippen LogP contribution is -2.24. The van der Waals surface area contributed by atoms with Crippen LogP contribution >= 0.6 is 0 Å². The molecule has 148 valence electrons. The number of carbonyl (C=O) groups is 2. The maximum atomic E-state index is 12.5. The zero-order valence-electron chi connectivity index (χ0n) is 16.5. The van der Waals surface area contributed by atoms with E-state index in [1.54, 1.807) is 12.1 Å². The first-order valence-corrected chi connectivity index (χ1v) is 9.55. The van der Waals surface area contributed by atoms with Crippen LogP contribution in [0.3, 0.4) is 0 Å². The van der Waals surface area contributed by atoms with Gasteiger partial charge in [0.2, 0.25) is 0 Å². The van der Waals surface area contributed by atoms with Crippen molar-refractivity contribution in [1.82, 2.24) is 4.57 Å². The van der Waals surface area contributed by atoms with E-state index < -0.39 is 18.5 Å². The summed E-state index contributed by atoms with van der Waals surface area (Å²) in [7, 11) is 0. The summed E-state index contributed by atoms with van der Waals surface area (Å²) >= 11 is 0. The molecule has 29 heavy (non-hydrogen) atoms. The highest BCUT2D eigenvalue weighted by molar-refractivity contribution is 5.96. The number of ether oxygens (including phenoxy) is 1. The zero-order chi connectivity index (χ0) is 21.0. The molecular weight excluding hydrogens is 368 g/mol. The maximum absolute atomic E-state index is 12.5. The summed E-state index contributed by atoms with van der Waals surface area (Å²) in [5.74, 6) is -0.721. The van der Waals surface area contributed by atoms with E-state index in [0.717, 1.165) is 36.9 Å². The Hall–Kier alpha value is -3.58. The summed E-state index contributed by atoms with van der Waals surface area (Å²) in [6.07, 6.45) is 4.26. The minimum absolute atomic E-state index is 0.204. The normalized spacial score (nSPS) is 13.5. The molecule has 0 radical (unpaired) electrons. The molecule has 0 spiro atoms. The van der Waals surface area contributed by atoms with E-state index in [4.69, 9.17) is 10.00 Å². The van der Waals surface area contributed by atoms with E-state index >= 15 is 0 Å². The Labute approximate surface area is 169 Å². The van der Waals surface area contributed by atoms with Gasteiger partial charge in [0.25, 0.3) is 5.91 Å². The molecule has 0 atom stereocenters. The standard InChI is InChI=1S/C22H22N4O3/c1-14-15(2)26(18-8-3-4-9-18)21(19(14)12-24)25-20(27)13-29-22(28)17-7-5-6-16(10-17)11-23/h5-7,10,18H,3-4,8-9,13H2,1-2H3,(H,25,27). The highest BCUT2D eigenvalue weighted by Gasteiger charge is 2.26. The molecule has 7 nitrogen and oxygen atoms in total. The van der Waals surface area contributed by atoms with E-state index in [0.29, 0.717) is 16.9 Å². The molecule has 2 aromatic rings. The average molecular weight is 390 g/mol. The molecule has 1 N–H and O–H groups in total. The van der Waals surface area contributed by atoms with Gasteiger partial charge in [-0.3, -0.25) is 4.79 Å². The van der Waals surface area contributed by atoms with Crippen LogP contribution in [0.1, 0.15) is 64.5 Å². The minimum atomic E-state index is -0.684. The Morgan fingerprint density at radius 2 is 1.93 bits per heavy atom. The SMILES string of the molecule is Cc1c(C#N)c(NC(=O)COC(=O)c2cccc(C#N)c2)n(C2CCCC2)c1C. The number of anilines is 1. The predicted molar refractivity (Wildman–Crippen MR) is 106 cm³/mol. The van der Waals surface area contributed by atoms with Crippen molar-refractivity contribution in [3.05, 3.63) is 52.2 Å². The number of nitriles is 2. The van der Waals surface area contributed by atoms with Crippen LogP contribution < -0.4 is 5.32 Å². The second-order valence-corrected chi connectivity index (χ2v) is 7.17.